The second-order valence-electron chi connectivity index (χ2n) is 7.91. The van der Waals surface area contributed by atoms with Gasteiger partial charge in [0.25, 0.3) is 0 Å². The van der Waals surface area contributed by atoms with Crippen molar-refractivity contribution in [2.24, 2.45) is 0 Å². The van der Waals surface area contributed by atoms with Gasteiger partial charge in [-0.1, -0.05) is 48.5 Å². The van der Waals surface area contributed by atoms with Crippen LogP contribution in [0, 0.1) is 5.82 Å². The summed E-state index contributed by atoms with van der Waals surface area (Å²) in [7, 11) is 0. The fraction of sp³-hybridized carbons (Fsp3) is 0.231. The molecular formula is C26H26FN3O2. The second kappa shape index (κ2) is 9.75. The molecule has 164 valence electrons. The summed E-state index contributed by atoms with van der Waals surface area (Å²) < 4.78 is 14.6. The number of carbonyl (C=O) groups excluding carboxylic acids is 2. The van der Waals surface area contributed by atoms with Gasteiger partial charge in [-0.3, -0.25) is 14.5 Å². The highest BCUT2D eigenvalue weighted by atomic mass is 19.1. The summed E-state index contributed by atoms with van der Waals surface area (Å²) in [5.74, 6) is -0.643. The SMILES string of the molecule is CC(=O)c1ccc(N2CCN(C(C(=O)Nc3ccccc3)c3ccccc3)CC2)c(F)c1. The number of hydrogen-bond donors (Lipinski definition) is 1. The molecule has 1 N–H and O–H groups in total. The lowest BCUT2D eigenvalue weighted by Gasteiger charge is -2.39. The minimum atomic E-state index is -0.441. The van der Waals surface area contributed by atoms with Crippen molar-refractivity contribution in [3.05, 3.63) is 95.8 Å². The van der Waals surface area contributed by atoms with Crippen LogP contribution >= 0.6 is 0 Å². The van der Waals surface area contributed by atoms with Crippen LogP contribution in [0.15, 0.2) is 78.9 Å². The zero-order chi connectivity index (χ0) is 22.5. The Kier molecular flexibility index (Phi) is 6.61. The molecule has 1 aliphatic rings. The lowest BCUT2D eigenvalue weighted by molar-refractivity contribution is -0.121. The fourth-order valence-electron chi connectivity index (χ4n) is 4.10. The molecule has 0 aromatic heterocycles. The van der Waals surface area contributed by atoms with E-state index in [1.165, 1.54) is 13.0 Å². The fourth-order valence-corrected chi connectivity index (χ4v) is 4.10. The van der Waals surface area contributed by atoms with Crippen LogP contribution in [0.2, 0.25) is 0 Å². The third-order valence-electron chi connectivity index (χ3n) is 5.78. The Morgan fingerprint density at radius 1 is 0.875 bits per heavy atom. The van der Waals surface area contributed by atoms with Crippen molar-refractivity contribution in [3.63, 3.8) is 0 Å². The monoisotopic (exact) mass is 431 g/mol. The average Bonchev–Trinajstić information content (AvgIpc) is 2.81. The van der Waals surface area contributed by atoms with Crippen molar-refractivity contribution in [1.82, 2.24) is 4.90 Å². The van der Waals surface area contributed by atoms with Crippen molar-refractivity contribution in [2.75, 3.05) is 36.4 Å². The van der Waals surface area contributed by atoms with Crippen LogP contribution in [0.5, 0.6) is 0 Å². The van der Waals surface area contributed by atoms with Crippen molar-refractivity contribution in [3.8, 4) is 0 Å². The number of nitrogens with zero attached hydrogens (tertiary/aromatic N) is 2. The Labute approximate surface area is 187 Å². The molecular weight excluding hydrogens is 405 g/mol. The quantitative estimate of drug-likeness (QED) is 0.583. The van der Waals surface area contributed by atoms with E-state index in [0.29, 0.717) is 37.4 Å². The second-order valence-corrected chi connectivity index (χ2v) is 7.91. The van der Waals surface area contributed by atoms with E-state index < -0.39 is 11.9 Å². The first-order valence-electron chi connectivity index (χ1n) is 10.7. The van der Waals surface area contributed by atoms with Gasteiger partial charge in [-0.05, 0) is 42.8 Å². The van der Waals surface area contributed by atoms with Gasteiger partial charge in [0.05, 0.1) is 5.69 Å². The van der Waals surface area contributed by atoms with Crippen molar-refractivity contribution in [2.45, 2.75) is 13.0 Å². The Morgan fingerprint density at radius 2 is 1.50 bits per heavy atom. The minimum Gasteiger partial charge on any atom is -0.367 e. The Hall–Kier alpha value is -3.51. The molecule has 1 saturated heterocycles. The van der Waals surface area contributed by atoms with E-state index in [2.05, 4.69) is 10.2 Å². The minimum absolute atomic E-state index is 0.0900. The summed E-state index contributed by atoms with van der Waals surface area (Å²) >= 11 is 0. The summed E-state index contributed by atoms with van der Waals surface area (Å²) in [4.78, 5) is 28.9. The molecule has 1 aliphatic heterocycles. The lowest BCUT2D eigenvalue weighted by atomic mass is 10.0. The van der Waals surface area contributed by atoms with E-state index >= 15 is 0 Å². The van der Waals surface area contributed by atoms with Crippen LogP contribution < -0.4 is 10.2 Å². The number of hydrogen-bond acceptors (Lipinski definition) is 4. The van der Waals surface area contributed by atoms with Crippen LogP contribution in [0.4, 0.5) is 15.8 Å². The molecule has 4 rings (SSSR count). The number of Topliss-reactive ketones (excluding diaryl/α,β-unsaturated/α-hetero) is 1. The molecule has 32 heavy (non-hydrogen) atoms. The molecule has 6 heteroatoms. The van der Waals surface area contributed by atoms with Gasteiger partial charge in [0.2, 0.25) is 5.91 Å². The molecule has 0 bridgehead atoms. The lowest BCUT2D eigenvalue weighted by Crippen LogP contribution is -2.50. The third-order valence-corrected chi connectivity index (χ3v) is 5.78. The number of piperazine rings is 1. The van der Waals surface area contributed by atoms with Crippen molar-refractivity contribution < 1.29 is 14.0 Å². The zero-order valence-electron chi connectivity index (χ0n) is 18.0. The number of halogens is 1. The third kappa shape index (κ3) is 4.86. The first-order valence-corrected chi connectivity index (χ1v) is 10.7. The first-order chi connectivity index (χ1) is 15.5. The maximum atomic E-state index is 14.6. The van der Waals surface area contributed by atoms with Gasteiger partial charge in [0, 0.05) is 37.4 Å². The molecule has 1 amide bonds. The highest BCUT2D eigenvalue weighted by Gasteiger charge is 2.31. The number of ketones is 1. The summed E-state index contributed by atoms with van der Waals surface area (Å²) in [5, 5.41) is 3.02. The van der Waals surface area contributed by atoms with Crippen molar-refractivity contribution in [1.29, 1.82) is 0 Å². The first kappa shape index (κ1) is 21.7. The molecule has 0 radical (unpaired) electrons. The van der Waals surface area contributed by atoms with Crippen LogP contribution in [0.1, 0.15) is 28.9 Å². The number of anilines is 2. The predicted molar refractivity (Wildman–Crippen MR) is 124 cm³/mol. The molecule has 5 nitrogen and oxygen atoms in total. The number of carbonyl (C=O) groups is 2. The van der Waals surface area contributed by atoms with Crippen LogP contribution in [0.25, 0.3) is 0 Å². The van der Waals surface area contributed by atoms with E-state index in [1.807, 2.05) is 65.6 Å². The Morgan fingerprint density at radius 3 is 2.09 bits per heavy atom. The van der Waals surface area contributed by atoms with Gasteiger partial charge in [-0.15, -0.1) is 0 Å². The highest BCUT2D eigenvalue weighted by molar-refractivity contribution is 5.95. The van der Waals surface area contributed by atoms with Crippen LogP contribution in [0.3, 0.4) is 0 Å². The molecule has 0 aliphatic carbocycles. The molecule has 0 spiro atoms. The average molecular weight is 432 g/mol. The molecule has 1 fully saturated rings. The Bertz CT molecular complexity index is 1080. The largest absolute Gasteiger partial charge is 0.367 e. The molecule has 1 atom stereocenters. The van der Waals surface area contributed by atoms with Gasteiger partial charge in [-0.25, -0.2) is 4.39 Å². The molecule has 0 saturated carbocycles. The van der Waals surface area contributed by atoms with E-state index in [4.69, 9.17) is 0 Å². The smallest absolute Gasteiger partial charge is 0.246 e. The Balaban J connectivity index is 1.50. The molecule has 1 heterocycles. The maximum Gasteiger partial charge on any atom is 0.246 e. The van der Waals surface area contributed by atoms with E-state index in [0.717, 1.165) is 11.3 Å². The molecule has 3 aromatic rings. The summed E-state index contributed by atoms with van der Waals surface area (Å²) in [6, 6.07) is 23.3. The number of amides is 1. The number of rotatable bonds is 6. The standard InChI is InChI=1S/C26H26FN3O2/c1-19(31)21-12-13-24(23(27)18-21)29-14-16-30(17-15-29)25(20-8-4-2-5-9-20)26(32)28-22-10-6-3-7-11-22/h2-13,18,25H,14-17H2,1H3,(H,28,32). The summed E-state index contributed by atoms with van der Waals surface area (Å²) in [6.07, 6.45) is 0. The molecule has 1 unspecified atom stereocenters. The topological polar surface area (TPSA) is 52.7 Å². The van der Waals surface area contributed by atoms with Gasteiger partial charge in [-0.2, -0.15) is 0 Å². The van der Waals surface area contributed by atoms with E-state index in [-0.39, 0.29) is 11.7 Å². The van der Waals surface area contributed by atoms with Gasteiger partial charge < -0.3 is 10.2 Å². The number of nitrogens with one attached hydrogen (secondary N) is 1. The normalized spacial score (nSPS) is 15.2. The summed E-state index contributed by atoms with van der Waals surface area (Å²) in [6.45, 7) is 3.80. The van der Waals surface area contributed by atoms with Gasteiger partial charge >= 0.3 is 0 Å². The van der Waals surface area contributed by atoms with Crippen LogP contribution in [-0.4, -0.2) is 42.8 Å². The van der Waals surface area contributed by atoms with E-state index in [9.17, 15) is 14.0 Å². The predicted octanol–water partition coefficient (Wildman–Crippen LogP) is 4.53. The maximum absolute atomic E-state index is 14.6. The van der Waals surface area contributed by atoms with Gasteiger partial charge in [0.1, 0.15) is 11.9 Å². The zero-order valence-corrected chi connectivity index (χ0v) is 18.0. The van der Waals surface area contributed by atoms with Crippen LogP contribution in [-0.2, 0) is 4.79 Å². The number of benzene rings is 3. The van der Waals surface area contributed by atoms with Gasteiger partial charge in [0.15, 0.2) is 5.78 Å². The van der Waals surface area contributed by atoms with Crippen molar-refractivity contribution >= 4 is 23.1 Å². The summed E-state index contributed by atoms with van der Waals surface area (Å²) in [5.41, 5.74) is 2.53. The highest BCUT2D eigenvalue weighted by Crippen LogP contribution is 2.27. The molecule has 3 aromatic carbocycles. The van der Waals surface area contributed by atoms with E-state index in [1.54, 1.807) is 12.1 Å². The number of para-hydroxylation sites is 1.